The maximum Gasteiger partial charge on any atom is 0.310 e. The van der Waals surface area contributed by atoms with Crippen LogP contribution in [0.3, 0.4) is 0 Å². The van der Waals surface area contributed by atoms with Crippen molar-refractivity contribution in [3.8, 4) is 11.3 Å². The molecule has 4 N–H and O–H groups in total. The lowest BCUT2D eigenvalue weighted by Crippen LogP contribution is -2.35. The van der Waals surface area contributed by atoms with Gasteiger partial charge in [-0.15, -0.1) is 11.3 Å². The van der Waals surface area contributed by atoms with Crippen LogP contribution in [0.15, 0.2) is 121 Å². The van der Waals surface area contributed by atoms with Gasteiger partial charge in [0.05, 0.1) is 41.7 Å². The van der Waals surface area contributed by atoms with Gasteiger partial charge in [0.25, 0.3) is 0 Å². The lowest BCUT2D eigenvalue weighted by molar-refractivity contribution is -0.165. The van der Waals surface area contributed by atoms with Gasteiger partial charge in [-0.1, -0.05) is 135 Å². The molecule has 5 rings (SSSR count). The molecule has 5 aromatic rings. The first kappa shape index (κ1) is 55.0. The highest BCUT2D eigenvalue weighted by Gasteiger charge is 2.34. The van der Waals surface area contributed by atoms with Crippen LogP contribution in [-0.4, -0.2) is 67.3 Å². The number of amides is 1. The van der Waals surface area contributed by atoms with Crippen LogP contribution in [0.4, 0.5) is 5.13 Å². The Hall–Kier alpha value is -6.38. The number of anilines is 1. The van der Waals surface area contributed by atoms with Gasteiger partial charge in [0, 0.05) is 16.0 Å². The summed E-state index contributed by atoms with van der Waals surface area (Å²) in [6, 6.07) is 35.3. The first-order valence-electron chi connectivity index (χ1n) is 21.7. The van der Waals surface area contributed by atoms with Crippen molar-refractivity contribution in [2.24, 2.45) is 29.6 Å². The van der Waals surface area contributed by atoms with Crippen molar-refractivity contribution >= 4 is 63.8 Å². The summed E-state index contributed by atoms with van der Waals surface area (Å²) in [4.78, 5) is 75.1. The third-order valence-electron chi connectivity index (χ3n) is 10.0. The third-order valence-corrected chi connectivity index (χ3v) is 11.1. The molecule has 0 fully saturated rings. The number of hydrogen-bond donors (Lipinski definition) is 4. The maximum atomic E-state index is 12.8. The molecule has 0 aliphatic heterocycles. The van der Waals surface area contributed by atoms with E-state index in [1.165, 1.54) is 11.3 Å². The van der Waals surface area contributed by atoms with Gasteiger partial charge >= 0.3 is 29.8 Å². The third kappa shape index (κ3) is 19.9. The largest absolute Gasteiger partial charge is 0.481 e. The Morgan fingerprint density at radius 3 is 1.52 bits per heavy atom. The number of carbonyl (C=O) groups is 6. The van der Waals surface area contributed by atoms with Crippen molar-refractivity contribution in [2.45, 2.75) is 92.3 Å². The predicted octanol–water partition coefficient (Wildman–Crippen LogP) is 10.6. The Bertz CT molecular complexity index is 2380. The number of carbonyl (C=O) groups excluding carboxylic acids is 3. The van der Waals surface area contributed by atoms with E-state index in [9.17, 15) is 44.1 Å². The molecule has 0 aliphatic rings. The highest BCUT2D eigenvalue weighted by Crippen LogP contribution is 2.31. The molecule has 67 heavy (non-hydrogen) atoms. The quantitative estimate of drug-likeness (QED) is 0.0643. The molecule has 0 saturated carbocycles. The van der Waals surface area contributed by atoms with Gasteiger partial charge in [-0.25, -0.2) is 4.98 Å². The number of carboxylic acid groups (broad SMARTS) is 3. The SMILES string of the molecule is CC(C(=O)O)[C@@H](Cc1ccccc1)C(=O)Nc1nc(-c2ccccc2Cl)cs1.CC(C(=O)OC(C)(C)C)[C@@H](Cc1ccccc1)C(=O)O.CC(C)(C)OC(=O)C[C@@H](Cc1ccccc1)C(=O)O. The summed E-state index contributed by atoms with van der Waals surface area (Å²) in [5.74, 6) is -8.04. The zero-order valence-electron chi connectivity index (χ0n) is 39.1. The number of ether oxygens (including phenoxy) is 2. The van der Waals surface area contributed by atoms with Gasteiger partial charge in [-0.2, -0.15) is 0 Å². The minimum atomic E-state index is -1.01. The van der Waals surface area contributed by atoms with Gasteiger partial charge in [0.1, 0.15) is 11.2 Å². The van der Waals surface area contributed by atoms with Crippen LogP contribution in [0.25, 0.3) is 11.3 Å². The predicted molar refractivity (Wildman–Crippen MR) is 260 cm³/mol. The average Bonchev–Trinajstić information content (AvgIpc) is 3.72. The number of carboxylic acids is 3. The number of aliphatic carboxylic acids is 3. The number of halogens is 1. The van der Waals surface area contributed by atoms with Crippen molar-refractivity contribution in [1.29, 1.82) is 0 Å². The van der Waals surface area contributed by atoms with Crippen LogP contribution in [0.2, 0.25) is 5.02 Å². The summed E-state index contributed by atoms with van der Waals surface area (Å²) >= 11 is 7.48. The lowest BCUT2D eigenvalue weighted by atomic mass is 9.87. The van der Waals surface area contributed by atoms with E-state index in [0.717, 1.165) is 22.3 Å². The molecule has 358 valence electrons. The minimum absolute atomic E-state index is 0.110. The zero-order chi connectivity index (χ0) is 49.9. The van der Waals surface area contributed by atoms with Crippen molar-refractivity contribution in [1.82, 2.24) is 4.98 Å². The van der Waals surface area contributed by atoms with Crippen LogP contribution in [0, 0.1) is 29.6 Å². The summed E-state index contributed by atoms with van der Waals surface area (Å²) in [6.45, 7) is 13.7. The topological polar surface area (TPSA) is 206 Å². The summed E-state index contributed by atoms with van der Waals surface area (Å²) < 4.78 is 10.4. The van der Waals surface area contributed by atoms with E-state index in [1.54, 1.807) is 61.5 Å². The fourth-order valence-corrected chi connectivity index (χ4v) is 7.44. The van der Waals surface area contributed by atoms with E-state index < -0.39 is 70.6 Å². The van der Waals surface area contributed by atoms with Crippen LogP contribution in [0.5, 0.6) is 0 Å². The van der Waals surface area contributed by atoms with Gasteiger partial charge in [0.2, 0.25) is 5.91 Å². The molecule has 13 nitrogen and oxygen atoms in total. The Balaban J connectivity index is 0.000000274. The number of rotatable bonds is 17. The van der Waals surface area contributed by atoms with Crippen molar-refractivity contribution in [3.63, 3.8) is 0 Å². The zero-order valence-corrected chi connectivity index (χ0v) is 40.7. The van der Waals surface area contributed by atoms with E-state index in [2.05, 4.69) is 10.3 Å². The molecule has 0 spiro atoms. The van der Waals surface area contributed by atoms with Gasteiger partial charge in [-0.3, -0.25) is 28.8 Å². The van der Waals surface area contributed by atoms with Crippen LogP contribution >= 0.6 is 22.9 Å². The van der Waals surface area contributed by atoms with Gasteiger partial charge in [-0.05, 0) is 83.6 Å². The van der Waals surface area contributed by atoms with Crippen molar-refractivity contribution in [3.05, 3.63) is 142 Å². The maximum absolute atomic E-state index is 12.8. The van der Waals surface area contributed by atoms with E-state index in [0.29, 0.717) is 35.1 Å². The van der Waals surface area contributed by atoms with Crippen LogP contribution in [-0.2, 0) is 57.5 Å². The Morgan fingerprint density at radius 2 is 1.07 bits per heavy atom. The van der Waals surface area contributed by atoms with E-state index >= 15 is 0 Å². The minimum Gasteiger partial charge on any atom is -0.481 e. The lowest BCUT2D eigenvalue weighted by Gasteiger charge is -2.25. The summed E-state index contributed by atoms with van der Waals surface area (Å²) in [7, 11) is 0. The Labute approximate surface area is 401 Å². The smallest absolute Gasteiger partial charge is 0.310 e. The average molecular weight is 958 g/mol. The van der Waals surface area contributed by atoms with Crippen molar-refractivity contribution < 1.29 is 53.6 Å². The number of hydrogen-bond acceptors (Lipinski definition) is 10. The van der Waals surface area contributed by atoms with E-state index in [1.807, 2.05) is 115 Å². The molecular weight excluding hydrogens is 896 g/mol. The second-order valence-electron chi connectivity index (χ2n) is 17.9. The second-order valence-corrected chi connectivity index (χ2v) is 19.2. The molecule has 4 aromatic carbocycles. The molecular formula is C52H61ClN2O11S. The molecule has 15 heteroatoms. The highest BCUT2D eigenvalue weighted by molar-refractivity contribution is 7.14. The molecule has 2 unspecified atom stereocenters. The van der Waals surface area contributed by atoms with Gasteiger partial charge in [0.15, 0.2) is 5.13 Å². The van der Waals surface area contributed by atoms with E-state index in [-0.39, 0.29) is 12.3 Å². The number of nitrogens with one attached hydrogen (secondary N) is 1. The first-order valence-corrected chi connectivity index (χ1v) is 23.0. The second kappa shape index (κ2) is 26.1. The number of benzene rings is 4. The normalized spacial score (nSPS) is 13.3. The molecule has 1 heterocycles. The Morgan fingerprint density at radius 1 is 0.612 bits per heavy atom. The molecule has 0 aliphatic carbocycles. The highest BCUT2D eigenvalue weighted by atomic mass is 35.5. The summed E-state index contributed by atoms with van der Waals surface area (Å²) in [5, 5.41) is 33.5. The number of esters is 2. The summed E-state index contributed by atoms with van der Waals surface area (Å²) in [6.07, 6.45) is 0.871. The fourth-order valence-electron chi connectivity index (χ4n) is 6.49. The summed E-state index contributed by atoms with van der Waals surface area (Å²) in [5.41, 5.74) is 2.95. The van der Waals surface area contributed by atoms with Crippen molar-refractivity contribution in [2.75, 3.05) is 5.32 Å². The van der Waals surface area contributed by atoms with Crippen LogP contribution < -0.4 is 5.32 Å². The molecule has 1 aromatic heterocycles. The molecule has 0 bridgehead atoms. The number of nitrogens with zero attached hydrogens (tertiary/aromatic N) is 1. The van der Waals surface area contributed by atoms with E-state index in [4.69, 9.17) is 21.1 Å². The number of thiazole rings is 1. The fraction of sp³-hybridized carbons (Fsp3) is 0.365. The monoisotopic (exact) mass is 956 g/mol. The van der Waals surface area contributed by atoms with Crippen LogP contribution in [0.1, 0.15) is 78.5 Å². The molecule has 0 saturated heterocycles. The van der Waals surface area contributed by atoms with Gasteiger partial charge < -0.3 is 30.1 Å². The number of aromatic nitrogens is 1. The molecule has 5 atom stereocenters. The Kier molecular flexibility index (Phi) is 21.4. The molecule has 1 amide bonds. The standard InChI is InChI=1S/C21H19ClN2O3S.C16H22O4.C15H20O4/c1-13(20(26)27)16(11-14-7-3-2-4-8-14)19(25)24-21-23-18(12-28-21)15-9-5-6-10-17(15)22;1-11(15(19)20-16(2,3)4)13(14(17)18)10-12-8-6-5-7-9-12;1-15(2,3)19-13(16)10-12(14(17)18)9-11-7-5-4-6-8-11/h2-10,12-13,16H,11H2,1H3,(H,26,27)(H,23,24,25);5-9,11,13H,10H2,1-4H3,(H,17,18);4-8,12H,9-10H2,1-3H3,(H,17,18)/t13?,16-;11?,13-;12-/m111/s1. The molecule has 0 radical (unpaired) electrons. The first-order chi connectivity index (χ1) is 31.4.